The van der Waals surface area contributed by atoms with Crippen molar-refractivity contribution in [2.75, 3.05) is 25.1 Å². The Morgan fingerprint density at radius 3 is 2.65 bits per heavy atom. The standard InChI is InChI=1S/C28H29N5O4/c1-18-15-25(28(35)30-24-9-7-19-5-3-4-6-22(19)23(24)17-34)31-32-27(18)33-13-11-20(12-14-33)37-21-8-10-26(36-2)29-16-21/h3-6,8-10,15-17,20,23H,7,11-14H2,1-2H3,(H,30,35)/t23-/m1/s1. The van der Waals surface area contributed by atoms with E-state index in [1.165, 1.54) is 0 Å². The molecule has 0 radical (unpaired) electrons. The van der Waals surface area contributed by atoms with Crippen LogP contribution in [0.1, 0.15) is 45.9 Å². The highest BCUT2D eigenvalue weighted by Gasteiger charge is 2.26. The fraction of sp³-hybridized carbons (Fsp3) is 0.321. The van der Waals surface area contributed by atoms with Crippen molar-refractivity contribution in [3.05, 3.63) is 82.8 Å². The second kappa shape index (κ2) is 10.8. The number of rotatable bonds is 7. The Hall–Kier alpha value is -4.27. The van der Waals surface area contributed by atoms with Crippen LogP contribution in [0.5, 0.6) is 11.6 Å². The first kappa shape index (κ1) is 24.4. The average molecular weight is 500 g/mol. The maximum Gasteiger partial charge on any atom is 0.275 e. The first-order valence-electron chi connectivity index (χ1n) is 12.4. The molecule has 9 heteroatoms. The maximum atomic E-state index is 13.0. The third-order valence-electron chi connectivity index (χ3n) is 6.81. The van der Waals surface area contributed by atoms with Crippen LogP contribution in [0.3, 0.4) is 0 Å². The van der Waals surface area contributed by atoms with Crippen molar-refractivity contribution in [3.8, 4) is 11.6 Å². The summed E-state index contributed by atoms with van der Waals surface area (Å²) in [5, 5.41) is 11.5. The van der Waals surface area contributed by atoms with Gasteiger partial charge in [0.05, 0.1) is 19.2 Å². The number of aromatic nitrogens is 3. The van der Waals surface area contributed by atoms with Gasteiger partial charge in [-0.2, -0.15) is 0 Å². The van der Waals surface area contributed by atoms with Crippen molar-refractivity contribution in [2.45, 2.75) is 38.2 Å². The summed E-state index contributed by atoms with van der Waals surface area (Å²) >= 11 is 0. The van der Waals surface area contributed by atoms with Crippen molar-refractivity contribution in [1.82, 2.24) is 20.5 Å². The summed E-state index contributed by atoms with van der Waals surface area (Å²) in [5.41, 5.74) is 3.68. The highest BCUT2D eigenvalue weighted by atomic mass is 16.5. The summed E-state index contributed by atoms with van der Waals surface area (Å²) in [6, 6.07) is 13.2. The highest BCUT2D eigenvalue weighted by molar-refractivity contribution is 5.94. The van der Waals surface area contributed by atoms with Gasteiger partial charge in [0.2, 0.25) is 5.88 Å². The number of benzene rings is 1. The molecule has 2 aliphatic rings. The molecule has 0 spiro atoms. The fourth-order valence-electron chi connectivity index (χ4n) is 4.85. The van der Waals surface area contributed by atoms with E-state index in [2.05, 4.69) is 25.4 Å². The molecule has 3 heterocycles. The number of allylic oxidation sites excluding steroid dienone is 2. The van der Waals surface area contributed by atoms with Crippen molar-refractivity contribution < 1.29 is 19.1 Å². The molecule has 1 aliphatic heterocycles. The zero-order chi connectivity index (χ0) is 25.8. The van der Waals surface area contributed by atoms with Crippen LogP contribution in [-0.2, 0) is 11.2 Å². The molecule has 0 unspecified atom stereocenters. The van der Waals surface area contributed by atoms with Crippen molar-refractivity contribution in [3.63, 3.8) is 0 Å². The predicted molar refractivity (Wildman–Crippen MR) is 138 cm³/mol. The second-order valence-electron chi connectivity index (χ2n) is 9.21. The van der Waals surface area contributed by atoms with E-state index in [4.69, 9.17) is 9.47 Å². The molecule has 9 nitrogen and oxygen atoms in total. The molecule has 190 valence electrons. The number of hydrogen-bond donors (Lipinski definition) is 1. The zero-order valence-corrected chi connectivity index (χ0v) is 20.9. The van der Waals surface area contributed by atoms with E-state index in [-0.39, 0.29) is 17.7 Å². The molecule has 0 saturated carbocycles. The molecular formula is C28H29N5O4. The second-order valence-corrected chi connectivity index (χ2v) is 9.21. The molecule has 3 aromatic rings. The van der Waals surface area contributed by atoms with Gasteiger partial charge in [-0.15, -0.1) is 10.2 Å². The molecule has 1 N–H and O–H groups in total. The monoisotopic (exact) mass is 499 g/mol. The van der Waals surface area contributed by atoms with Crippen molar-refractivity contribution in [1.29, 1.82) is 0 Å². The number of fused-ring (bicyclic) bond motifs is 1. The van der Waals surface area contributed by atoms with E-state index < -0.39 is 5.92 Å². The molecule has 1 amide bonds. The number of aryl methyl sites for hydroxylation is 1. The normalized spacial score (nSPS) is 17.4. The Morgan fingerprint density at radius 1 is 1.14 bits per heavy atom. The van der Waals surface area contributed by atoms with Gasteiger partial charge in [-0.05, 0) is 42.2 Å². The van der Waals surface area contributed by atoms with E-state index in [1.54, 1.807) is 25.4 Å². The summed E-state index contributed by atoms with van der Waals surface area (Å²) < 4.78 is 11.2. The third kappa shape index (κ3) is 5.30. The number of piperidine rings is 1. The van der Waals surface area contributed by atoms with Gasteiger partial charge in [0.25, 0.3) is 5.91 Å². The van der Waals surface area contributed by atoms with Gasteiger partial charge >= 0.3 is 0 Å². The lowest BCUT2D eigenvalue weighted by Crippen LogP contribution is -2.39. The molecule has 5 rings (SSSR count). The van der Waals surface area contributed by atoms with Crippen molar-refractivity contribution in [2.24, 2.45) is 0 Å². The molecular weight excluding hydrogens is 470 g/mol. The zero-order valence-electron chi connectivity index (χ0n) is 20.9. The lowest BCUT2D eigenvalue weighted by atomic mass is 9.86. The molecule has 1 aromatic carbocycles. The smallest absolute Gasteiger partial charge is 0.275 e. The number of ether oxygens (including phenoxy) is 2. The minimum atomic E-state index is -0.501. The number of carbonyl (C=O) groups is 2. The molecule has 1 fully saturated rings. The molecule has 37 heavy (non-hydrogen) atoms. The van der Waals surface area contributed by atoms with Crippen LogP contribution in [0.15, 0.2) is 60.4 Å². The summed E-state index contributed by atoms with van der Waals surface area (Å²) in [6.07, 6.45) is 6.84. The van der Waals surface area contributed by atoms with E-state index in [9.17, 15) is 9.59 Å². The van der Waals surface area contributed by atoms with Gasteiger partial charge < -0.3 is 24.5 Å². The Morgan fingerprint density at radius 2 is 1.95 bits per heavy atom. The number of carbonyl (C=O) groups excluding carboxylic acids is 2. The quantitative estimate of drug-likeness (QED) is 0.493. The lowest BCUT2D eigenvalue weighted by Gasteiger charge is -2.33. The van der Waals surface area contributed by atoms with E-state index >= 15 is 0 Å². The number of methoxy groups -OCH3 is 1. The Labute approximate surface area is 215 Å². The largest absolute Gasteiger partial charge is 0.489 e. The maximum absolute atomic E-state index is 13.0. The first-order chi connectivity index (χ1) is 18.1. The third-order valence-corrected chi connectivity index (χ3v) is 6.81. The van der Waals surface area contributed by atoms with E-state index in [1.807, 2.05) is 43.3 Å². The Bertz CT molecular complexity index is 1320. The molecule has 1 saturated heterocycles. The fourth-order valence-corrected chi connectivity index (χ4v) is 4.85. The van der Waals surface area contributed by atoms with Crippen LogP contribution in [0.4, 0.5) is 5.82 Å². The van der Waals surface area contributed by atoms with Gasteiger partial charge in [-0.3, -0.25) is 4.79 Å². The summed E-state index contributed by atoms with van der Waals surface area (Å²) in [5.74, 6) is 1.16. The van der Waals surface area contributed by atoms with Crippen LogP contribution < -0.4 is 19.7 Å². The summed E-state index contributed by atoms with van der Waals surface area (Å²) in [7, 11) is 1.58. The minimum absolute atomic E-state index is 0.0874. The van der Waals surface area contributed by atoms with Crippen LogP contribution in [0.2, 0.25) is 0 Å². The van der Waals surface area contributed by atoms with Gasteiger partial charge in [0.15, 0.2) is 11.5 Å². The number of nitrogens with zero attached hydrogens (tertiary/aromatic N) is 4. The number of amides is 1. The van der Waals surface area contributed by atoms with E-state index in [0.717, 1.165) is 60.5 Å². The van der Waals surface area contributed by atoms with Gasteiger partial charge in [-0.1, -0.05) is 30.3 Å². The summed E-state index contributed by atoms with van der Waals surface area (Å²) in [6.45, 7) is 3.46. The lowest BCUT2D eigenvalue weighted by molar-refractivity contribution is -0.108. The van der Waals surface area contributed by atoms with Crippen LogP contribution in [-0.4, -0.2) is 53.7 Å². The predicted octanol–water partition coefficient (Wildman–Crippen LogP) is 3.39. The minimum Gasteiger partial charge on any atom is -0.489 e. The molecule has 1 atom stereocenters. The van der Waals surface area contributed by atoms with Gasteiger partial charge in [-0.25, -0.2) is 4.98 Å². The first-order valence-corrected chi connectivity index (χ1v) is 12.4. The van der Waals surface area contributed by atoms with Crippen molar-refractivity contribution >= 4 is 18.0 Å². The molecule has 1 aliphatic carbocycles. The van der Waals surface area contributed by atoms with Crippen LogP contribution in [0.25, 0.3) is 0 Å². The summed E-state index contributed by atoms with van der Waals surface area (Å²) in [4.78, 5) is 31.2. The van der Waals surface area contributed by atoms with Gasteiger partial charge in [0.1, 0.15) is 18.1 Å². The molecule has 0 bridgehead atoms. The number of pyridine rings is 1. The number of aldehydes is 1. The SMILES string of the molecule is COc1ccc(OC2CCN(c3nnc(C(=O)NC4=CCc5ccccc5[C@H]4C=O)cc3C)CC2)cn1. The topological polar surface area (TPSA) is 107 Å². The highest BCUT2D eigenvalue weighted by Crippen LogP contribution is 2.30. The van der Waals surface area contributed by atoms with Gasteiger partial charge in [0, 0.05) is 37.7 Å². The number of nitrogens with one attached hydrogen (secondary N) is 1. The molecule has 2 aromatic heterocycles. The van der Waals surface area contributed by atoms with Crippen LogP contribution >= 0.6 is 0 Å². The van der Waals surface area contributed by atoms with E-state index in [0.29, 0.717) is 18.0 Å². The number of anilines is 1. The number of hydrogen-bond acceptors (Lipinski definition) is 8. The average Bonchev–Trinajstić information content (AvgIpc) is 2.94. The van der Waals surface area contributed by atoms with Crippen LogP contribution in [0, 0.1) is 6.92 Å². The Kier molecular flexibility index (Phi) is 7.11. The Balaban J connectivity index is 1.20.